The average molecular weight is 211 g/mol. The van der Waals surface area contributed by atoms with E-state index in [2.05, 4.69) is 18.4 Å². The van der Waals surface area contributed by atoms with E-state index in [1.165, 1.54) is 0 Å². The van der Waals surface area contributed by atoms with Gasteiger partial charge in [0.2, 0.25) is 5.91 Å². The SMILES string of the molecule is C=CCN1CC(C)N(C)C(=O)C1CCN. The lowest BCUT2D eigenvalue weighted by Gasteiger charge is -2.42. The summed E-state index contributed by atoms with van der Waals surface area (Å²) in [7, 11) is 1.86. The molecule has 2 N–H and O–H groups in total. The third kappa shape index (κ3) is 2.58. The molecule has 0 saturated carbocycles. The molecule has 1 aliphatic rings. The molecule has 86 valence electrons. The van der Waals surface area contributed by atoms with Gasteiger partial charge >= 0.3 is 0 Å². The maximum Gasteiger partial charge on any atom is 0.240 e. The maximum absolute atomic E-state index is 12.0. The van der Waals surface area contributed by atoms with Gasteiger partial charge in [-0.05, 0) is 19.9 Å². The molecule has 0 aromatic heterocycles. The molecule has 0 bridgehead atoms. The fourth-order valence-electron chi connectivity index (χ4n) is 2.03. The molecule has 0 aromatic carbocycles. The Hall–Kier alpha value is -0.870. The normalized spacial score (nSPS) is 28.2. The van der Waals surface area contributed by atoms with Gasteiger partial charge in [0.1, 0.15) is 0 Å². The van der Waals surface area contributed by atoms with Crippen molar-refractivity contribution in [1.29, 1.82) is 0 Å². The summed E-state index contributed by atoms with van der Waals surface area (Å²) >= 11 is 0. The van der Waals surface area contributed by atoms with Crippen molar-refractivity contribution in [2.24, 2.45) is 5.73 Å². The Morgan fingerprint density at radius 1 is 1.67 bits per heavy atom. The smallest absolute Gasteiger partial charge is 0.240 e. The Bertz CT molecular complexity index is 242. The van der Waals surface area contributed by atoms with Crippen molar-refractivity contribution in [2.75, 3.05) is 26.7 Å². The minimum atomic E-state index is -0.0609. The van der Waals surface area contributed by atoms with E-state index in [0.29, 0.717) is 6.54 Å². The molecular formula is C11H21N3O. The molecule has 0 aliphatic carbocycles. The summed E-state index contributed by atoms with van der Waals surface area (Å²) in [6.45, 7) is 7.99. The average Bonchev–Trinajstić information content (AvgIpc) is 2.21. The third-order valence-corrected chi connectivity index (χ3v) is 3.04. The number of nitrogens with zero attached hydrogens (tertiary/aromatic N) is 2. The zero-order valence-corrected chi connectivity index (χ0v) is 9.65. The van der Waals surface area contributed by atoms with E-state index in [4.69, 9.17) is 5.73 Å². The van der Waals surface area contributed by atoms with E-state index in [-0.39, 0.29) is 18.0 Å². The molecule has 2 unspecified atom stereocenters. The van der Waals surface area contributed by atoms with Crippen LogP contribution in [0.5, 0.6) is 0 Å². The first-order valence-corrected chi connectivity index (χ1v) is 5.43. The number of carbonyl (C=O) groups excluding carboxylic acids is 1. The Morgan fingerprint density at radius 2 is 2.33 bits per heavy atom. The Labute approximate surface area is 91.7 Å². The van der Waals surface area contributed by atoms with E-state index in [1.807, 2.05) is 18.0 Å². The fraction of sp³-hybridized carbons (Fsp3) is 0.727. The van der Waals surface area contributed by atoms with E-state index in [1.54, 1.807) is 0 Å². The number of hydrogen-bond donors (Lipinski definition) is 1. The minimum absolute atomic E-state index is 0.0609. The van der Waals surface area contributed by atoms with Gasteiger partial charge < -0.3 is 10.6 Å². The summed E-state index contributed by atoms with van der Waals surface area (Å²) in [6.07, 6.45) is 2.57. The number of hydrogen-bond acceptors (Lipinski definition) is 3. The molecule has 15 heavy (non-hydrogen) atoms. The van der Waals surface area contributed by atoms with Crippen molar-refractivity contribution < 1.29 is 4.79 Å². The second-order valence-corrected chi connectivity index (χ2v) is 4.13. The van der Waals surface area contributed by atoms with Crippen LogP contribution in [-0.2, 0) is 4.79 Å². The molecule has 1 heterocycles. The first-order valence-electron chi connectivity index (χ1n) is 5.43. The molecule has 0 aromatic rings. The largest absolute Gasteiger partial charge is 0.340 e. The van der Waals surface area contributed by atoms with Gasteiger partial charge in [-0.25, -0.2) is 0 Å². The number of likely N-dealkylation sites (N-methyl/N-ethyl adjacent to an activating group) is 1. The first kappa shape index (κ1) is 12.2. The molecule has 0 radical (unpaired) electrons. The van der Waals surface area contributed by atoms with Crippen molar-refractivity contribution in [3.63, 3.8) is 0 Å². The standard InChI is InChI=1S/C11H21N3O/c1-4-7-14-8-9(2)13(3)11(15)10(14)5-6-12/h4,9-10H,1,5-8,12H2,2-3H3. The summed E-state index contributed by atoms with van der Waals surface area (Å²) in [6, 6.07) is 0.209. The molecule has 1 rings (SSSR count). The Kier molecular flexibility index (Phi) is 4.29. The molecule has 0 spiro atoms. The summed E-state index contributed by atoms with van der Waals surface area (Å²) in [4.78, 5) is 16.0. The van der Waals surface area contributed by atoms with Crippen molar-refractivity contribution in [2.45, 2.75) is 25.4 Å². The Balaban J connectivity index is 2.75. The molecule has 4 heteroatoms. The van der Waals surface area contributed by atoms with Gasteiger partial charge in [0.15, 0.2) is 0 Å². The second kappa shape index (κ2) is 5.28. The molecular weight excluding hydrogens is 190 g/mol. The van der Waals surface area contributed by atoms with Crippen LogP contribution in [0.2, 0.25) is 0 Å². The monoisotopic (exact) mass is 211 g/mol. The van der Waals surface area contributed by atoms with Crippen molar-refractivity contribution in [1.82, 2.24) is 9.80 Å². The van der Waals surface area contributed by atoms with Gasteiger partial charge in [-0.15, -0.1) is 6.58 Å². The van der Waals surface area contributed by atoms with Gasteiger partial charge in [-0.1, -0.05) is 6.08 Å². The summed E-state index contributed by atoms with van der Waals surface area (Å²) in [5, 5.41) is 0. The summed E-state index contributed by atoms with van der Waals surface area (Å²) in [5.74, 6) is 0.182. The maximum atomic E-state index is 12.0. The second-order valence-electron chi connectivity index (χ2n) is 4.13. The van der Waals surface area contributed by atoms with Crippen LogP contribution in [0.3, 0.4) is 0 Å². The lowest BCUT2D eigenvalue weighted by Crippen LogP contribution is -2.59. The molecule has 1 amide bonds. The van der Waals surface area contributed by atoms with Crippen LogP contribution < -0.4 is 5.73 Å². The number of rotatable bonds is 4. The fourth-order valence-corrected chi connectivity index (χ4v) is 2.03. The topological polar surface area (TPSA) is 49.6 Å². The van der Waals surface area contributed by atoms with E-state index in [9.17, 15) is 4.79 Å². The van der Waals surface area contributed by atoms with Crippen LogP contribution in [0.4, 0.5) is 0 Å². The number of piperazine rings is 1. The van der Waals surface area contributed by atoms with E-state index >= 15 is 0 Å². The van der Waals surface area contributed by atoms with Crippen LogP contribution >= 0.6 is 0 Å². The lowest BCUT2D eigenvalue weighted by atomic mass is 10.0. The molecule has 2 atom stereocenters. The van der Waals surface area contributed by atoms with Crippen molar-refractivity contribution in [3.8, 4) is 0 Å². The molecule has 1 aliphatic heterocycles. The minimum Gasteiger partial charge on any atom is -0.340 e. The van der Waals surface area contributed by atoms with Gasteiger partial charge in [0, 0.05) is 26.2 Å². The van der Waals surface area contributed by atoms with Crippen molar-refractivity contribution in [3.05, 3.63) is 12.7 Å². The predicted octanol–water partition coefficient (Wildman–Crippen LogP) is 0.0523. The first-order chi connectivity index (χ1) is 7.11. The van der Waals surface area contributed by atoms with Crippen LogP contribution in [-0.4, -0.2) is 54.5 Å². The highest BCUT2D eigenvalue weighted by Gasteiger charge is 2.35. The number of carbonyl (C=O) groups is 1. The van der Waals surface area contributed by atoms with Gasteiger partial charge in [-0.3, -0.25) is 9.69 Å². The van der Waals surface area contributed by atoms with Gasteiger partial charge in [0.25, 0.3) is 0 Å². The molecule has 1 fully saturated rings. The van der Waals surface area contributed by atoms with Crippen molar-refractivity contribution >= 4 is 5.91 Å². The summed E-state index contributed by atoms with van der Waals surface area (Å²) < 4.78 is 0. The van der Waals surface area contributed by atoms with Crippen LogP contribution in [0.15, 0.2) is 12.7 Å². The van der Waals surface area contributed by atoms with E-state index < -0.39 is 0 Å². The zero-order valence-electron chi connectivity index (χ0n) is 9.65. The van der Waals surface area contributed by atoms with Crippen LogP contribution in [0.25, 0.3) is 0 Å². The predicted molar refractivity (Wildman–Crippen MR) is 61.5 cm³/mol. The summed E-state index contributed by atoms with van der Waals surface area (Å²) in [5.41, 5.74) is 5.54. The lowest BCUT2D eigenvalue weighted by molar-refractivity contribution is -0.143. The highest BCUT2D eigenvalue weighted by atomic mass is 16.2. The number of amides is 1. The zero-order chi connectivity index (χ0) is 11.4. The molecule has 1 saturated heterocycles. The quantitative estimate of drug-likeness (QED) is 0.669. The highest BCUT2D eigenvalue weighted by molar-refractivity contribution is 5.82. The highest BCUT2D eigenvalue weighted by Crippen LogP contribution is 2.17. The van der Waals surface area contributed by atoms with Gasteiger partial charge in [-0.2, -0.15) is 0 Å². The van der Waals surface area contributed by atoms with Crippen LogP contribution in [0.1, 0.15) is 13.3 Å². The molecule has 4 nitrogen and oxygen atoms in total. The van der Waals surface area contributed by atoms with Gasteiger partial charge in [0.05, 0.1) is 6.04 Å². The third-order valence-electron chi connectivity index (χ3n) is 3.04. The van der Waals surface area contributed by atoms with E-state index in [0.717, 1.165) is 19.5 Å². The number of nitrogens with two attached hydrogens (primary N) is 1. The Morgan fingerprint density at radius 3 is 2.87 bits per heavy atom. The van der Waals surface area contributed by atoms with Crippen LogP contribution in [0, 0.1) is 0 Å².